The van der Waals surface area contributed by atoms with Crippen LogP contribution in [0.5, 0.6) is 11.5 Å². The van der Waals surface area contributed by atoms with Crippen LogP contribution < -0.4 is 20.1 Å². The standard InChI is InChI=1S/C36H45N3O5/c1-27(40)38-19-16-29-25-39(34-10-5-4-9-32(29)34)20-23-44-36-24-37-18-17-33(36)28-12-14-31(15-13-28)43-22-7-21-42-26-30-8-3-6-11-35(30)41-2/h3-6,8-15,25,33,36-37H,7,16-24,26H2,1-2H3,(H,38,40)/t33-,36+/m1/s1. The highest BCUT2D eigenvalue weighted by Gasteiger charge is 2.27. The Morgan fingerprint density at radius 1 is 0.977 bits per heavy atom. The van der Waals surface area contributed by atoms with Crippen LogP contribution >= 0.6 is 0 Å². The maximum Gasteiger partial charge on any atom is 0.216 e. The number of benzene rings is 3. The summed E-state index contributed by atoms with van der Waals surface area (Å²) in [5, 5.41) is 7.65. The first kappa shape index (κ1) is 31.6. The van der Waals surface area contributed by atoms with Gasteiger partial charge in [0.25, 0.3) is 0 Å². The Hall–Kier alpha value is -3.85. The molecule has 44 heavy (non-hydrogen) atoms. The Bertz CT molecular complexity index is 1470. The minimum Gasteiger partial charge on any atom is -0.496 e. The minimum absolute atomic E-state index is 0.00197. The van der Waals surface area contributed by atoms with E-state index in [-0.39, 0.29) is 12.0 Å². The van der Waals surface area contributed by atoms with Crippen molar-refractivity contribution in [3.8, 4) is 11.5 Å². The molecule has 0 aliphatic carbocycles. The molecule has 1 aromatic heterocycles. The average molecular weight is 600 g/mol. The van der Waals surface area contributed by atoms with Crippen LogP contribution in [0.3, 0.4) is 0 Å². The second-order valence-corrected chi connectivity index (χ2v) is 11.2. The van der Waals surface area contributed by atoms with E-state index in [4.69, 9.17) is 18.9 Å². The predicted octanol–water partition coefficient (Wildman–Crippen LogP) is 5.48. The highest BCUT2D eigenvalue weighted by molar-refractivity contribution is 5.84. The third-order valence-corrected chi connectivity index (χ3v) is 8.19. The molecular weight excluding hydrogens is 554 g/mol. The molecule has 1 saturated heterocycles. The van der Waals surface area contributed by atoms with Crippen LogP contribution in [-0.4, -0.2) is 63.1 Å². The number of piperidine rings is 1. The Morgan fingerprint density at radius 3 is 2.64 bits per heavy atom. The van der Waals surface area contributed by atoms with Gasteiger partial charge in [0.1, 0.15) is 11.5 Å². The number of hydrogen-bond acceptors (Lipinski definition) is 6. The number of carbonyl (C=O) groups is 1. The Balaban J connectivity index is 1.08. The summed E-state index contributed by atoms with van der Waals surface area (Å²) in [7, 11) is 1.68. The van der Waals surface area contributed by atoms with Crippen molar-refractivity contribution in [3.05, 3.63) is 95.7 Å². The third-order valence-electron chi connectivity index (χ3n) is 8.19. The molecule has 4 aromatic rings. The van der Waals surface area contributed by atoms with E-state index in [0.29, 0.717) is 38.9 Å². The van der Waals surface area contributed by atoms with Gasteiger partial charge < -0.3 is 34.1 Å². The molecule has 0 unspecified atom stereocenters. The van der Waals surface area contributed by atoms with Crippen molar-refractivity contribution in [3.63, 3.8) is 0 Å². The van der Waals surface area contributed by atoms with Crippen molar-refractivity contribution < 1.29 is 23.7 Å². The summed E-state index contributed by atoms with van der Waals surface area (Å²) >= 11 is 0. The third kappa shape index (κ3) is 8.62. The zero-order chi connectivity index (χ0) is 30.6. The van der Waals surface area contributed by atoms with E-state index in [2.05, 4.69) is 69.9 Å². The lowest BCUT2D eigenvalue weighted by Crippen LogP contribution is -2.41. The second-order valence-electron chi connectivity index (χ2n) is 11.2. The molecule has 2 N–H and O–H groups in total. The summed E-state index contributed by atoms with van der Waals surface area (Å²) in [6, 6.07) is 24.9. The number of rotatable bonds is 16. The molecule has 5 rings (SSSR count). The molecule has 3 aromatic carbocycles. The summed E-state index contributed by atoms with van der Waals surface area (Å²) in [5.41, 5.74) is 4.78. The lowest BCUT2D eigenvalue weighted by molar-refractivity contribution is -0.118. The molecule has 2 heterocycles. The molecule has 1 aliphatic heterocycles. The molecule has 0 bridgehead atoms. The van der Waals surface area contributed by atoms with Crippen molar-refractivity contribution in [2.75, 3.05) is 46.6 Å². The van der Waals surface area contributed by atoms with Gasteiger partial charge >= 0.3 is 0 Å². The monoisotopic (exact) mass is 599 g/mol. The number of hydrogen-bond donors (Lipinski definition) is 2. The quantitative estimate of drug-likeness (QED) is 0.166. The number of para-hydroxylation sites is 2. The fourth-order valence-electron chi connectivity index (χ4n) is 5.94. The number of methoxy groups -OCH3 is 1. The van der Waals surface area contributed by atoms with Gasteiger partial charge in [0.2, 0.25) is 5.91 Å². The molecule has 0 radical (unpaired) electrons. The minimum atomic E-state index is 0.00197. The topological polar surface area (TPSA) is 83.0 Å². The molecule has 2 atom stereocenters. The van der Waals surface area contributed by atoms with Crippen LogP contribution in [-0.2, 0) is 33.8 Å². The number of nitrogens with zero attached hydrogens (tertiary/aromatic N) is 1. The Labute approximate surface area is 260 Å². The average Bonchev–Trinajstić information content (AvgIpc) is 3.40. The van der Waals surface area contributed by atoms with E-state index in [1.807, 2.05) is 24.3 Å². The van der Waals surface area contributed by atoms with Crippen molar-refractivity contribution in [2.24, 2.45) is 0 Å². The summed E-state index contributed by atoms with van der Waals surface area (Å²) in [4.78, 5) is 11.3. The lowest BCUT2D eigenvalue weighted by atomic mass is 9.88. The number of ether oxygens (including phenoxy) is 4. The van der Waals surface area contributed by atoms with Crippen molar-refractivity contribution >= 4 is 16.8 Å². The first-order chi connectivity index (χ1) is 21.6. The van der Waals surface area contributed by atoms with Gasteiger partial charge in [-0.1, -0.05) is 48.5 Å². The number of fused-ring (bicyclic) bond motifs is 1. The molecule has 0 spiro atoms. The van der Waals surface area contributed by atoms with Crippen LogP contribution in [0.15, 0.2) is 79.0 Å². The van der Waals surface area contributed by atoms with E-state index in [1.54, 1.807) is 14.0 Å². The highest BCUT2D eigenvalue weighted by atomic mass is 16.5. The Morgan fingerprint density at radius 2 is 1.80 bits per heavy atom. The van der Waals surface area contributed by atoms with E-state index in [9.17, 15) is 4.79 Å². The summed E-state index contributed by atoms with van der Waals surface area (Å²) in [6.45, 7) is 7.19. The molecule has 1 amide bonds. The predicted molar refractivity (Wildman–Crippen MR) is 173 cm³/mol. The van der Waals surface area contributed by atoms with Gasteiger partial charge in [-0.3, -0.25) is 4.79 Å². The van der Waals surface area contributed by atoms with Gasteiger partial charge in [0.05, 0.1) is 39.6 Å². The smallest absolute Gasteiger partial charge is 0.216 e. The summed E-state index contributed by atoms with van der Waals surface area (Å²) in [5.74, 6) is 2.06. The van der Waals surface area contributed by atoms with E-state index >= 15 is 0 Å². The first-order valence-corrected chi connectivity index (χ1v) is 15.7. The zero-order valence-electron chi connectivity index (χ0n) is 25.9. The normalized spacial score (nSPS) is 16.6. The van der Waals surface area contributed by atoms with Gasteiger partial charge in [-0.2, -0.15) is 0 Å². The van der Waals surface area contributed by atoms with E-state index in [0.717, 1.165) is 56.0 Å². The first-order valence-electron chi connectivity index (χ1n) is 15.7. The number of amides is 1. The van der Waals surface area contributed by atoms with Crippen LogP contribution in [0.2, 0.25) is 0 Å². The van der Waals surface area contributed by atoms with E-state index < -0.39 is 0 Å². The molecule has 8 heteroatoms. The van der Waals surface area contributed by atoms with Crippen LogP contribution in [0.4, 0.5) is 0 Å². The molecule has 1 fully saturated rings. The molecular formula is C36H45N3O5. The zero-order valence-corrected chi connectivity index (χ0v) is 25.9. The van der Waals surface area contributed by atoms with Crippen LogP contribution in [0, 0.1) is 0 Å². The van der Waals surface area contributed by atoms with Crippen molar-refractivity contribution in [2.45, 2.75) is 51.4 Å². The van der Waals surface area contributed by atoms with Gasteiger partial charge in [-0.05, 0) is 54.8 Å². The van der Waals surface area contributed by atoms with Gasteiger partial charge in [-0.25, -0.2) is 0 Å². The number of aromatic nitrogens is 1. The number of nitrogens with one attached hydrogen (secondary N) is 2. The summed E-state index contributed by atoms with van der Waals surface area (Å²) in [6.07, 6.45) is 4.97. The fraction of sp³-hybridized carbons (Fsp3) is 0.417. The van der Waals surface area contributed by atoms with Gasteiger partial charge in [0.15, 0.2) is 0 Å². The largest absolute Gasteiger partial charge is 0.496 e. The van der Waals surface area contributed by atoms with Crippen LogP contribution in [0.1, 0.15) is 42.4 Å². The number of carbonyl (C=O) groups excluding carboxylic acids is 1. The molecule has 8 nitrogen and oxygen atoms in total. The van der Waals surface area contributed by atoms with Crippen LogP contribution in [0.25, 0.3) is 10.9 Å². The van der Waals surface area contributed by atoms with Gasteiger partial charge in [-0.15, -0.1) is 0 Å². The summed E-state index contributed by atoms with van der Waals surface area (Å²) < 4.78 is 26.0. The fourth-order valence-corrected chi connectivity index (χ4v) is 5.94. The van der Waals surface area contributed by atoms with E-state index in [1.165, 1.54) is 22.0 Å². The molecule has 0 saturated carbocycles. The molecule has 1 aliphatic rings. The second kappa shape index (κ2) is 16.3. The maximum atomic E-state index is 11.3. The van der Waals surface area contributed by atoms with Crippen molar-refractivity contribution in [1.29, 1.82) is 0 Å². The molecule has 234 valence electrons. The van der Waals surface area contributed by atoms with Crippen molar-refractivity contribution in [1.82, 2.24) is 15.2 Å². The lowest BCUT2D eigenvalue weighted by Gasteiger charge is -2.32. The Kier molecular flexibility index (Phi) is 11.7. The maximum absolute atomic E-state index is 11.3. The SMILES string of the molecule is COc1ccccc1COCCCOc1ccc([C@H]2CCNC[C@@H]2OCCn2cc(CCNC(C)=O)c3ccccc32)cc1. The highest BCUT2D eigenvalue weighted by Crippen LogP contribution is 2.30. The van der Waals surface area contributed by atoms with Gasteiger partial charge in [0, 0.05) is 61.6 Å².